The Hall–Kier alpha value is -1.84. The van der Waals surface area contributed by atoms with Gasteiger partial charge in [0.05, 0.1) is 17.6 Å². The van der Waals surface area contributed by atoms with E-state index in [4.69, 9.17) is 5.73 Å². The summed E-state index contributed by atoms with van der Waals surface area (Å²) in [4.78, 5) is 4.44. The summed E-state index contributed by atoms with van der Waals surface area (Å²) in [6.07, 6.45) is 1.80. The van der Waals surface area contributed by atoms with E-state index in [0.717, 1.165) is 22.6 Å². The van der Waals surface area contributed by atoms with E-state index in [-0.39, 0.29) is 0 Å². The van der Waals surface area contributed by atoms with Gasteiger partial charge in [-0.1, -0.05) is 13.8 Å². The zero-order chi connectivity index (χ0) is 13.0. The number of aromatic nitrogens is 3. The standard InChI is InChI=1S/C11H14N4.C2H6/c1-7-4-5-10(12)11(14-7)9-6-13-15(3)8(9)2;1-2/h4-6H,12H2,1-3H3;1-2H3. The van der Waals surface area contributed by atoms with Crippen LogP contribution in [-0.2, 0) is 7.05 Å². The minimum atomic E-state index is 0.691. The Labute approximate surface area is 102 Å². The van der Waals surface area contributed by atoms with Gasteiger partial charge in [0.25, 0.3) is 0 Å². The molecule has 0 aromatic carbocycles. The molecule has 2 aromatic heterocycles. The summed E-state index contributed by atoms with van der Waals surface area (Å²) in [5, 5.41) is 4.18. The molecule has 0 bridgehead atoms. The van der Waals surface area contributed by atoms with Crippen molar-refractivity contribution in [1.29, 1.82) is 0 Å². The number of aryl methyl sites for hydroxylation is 2. The van der Waals surface area contributed by atoms with Gasteiger partial charge >= 0.3 is 0 Å². The van der Waals surface area contributed by atoms with Crippen LogP contribution in [0.3, 0.4) is 0 Å². The van der Waals surface area contributed by atoms with Crippen molar-refractivity contribution in [3.05, 3.63) is 29.7 Å². The second kappa shape index (κ2) is 5.48. The van der Waals surface area contributed by atoms with Gasteiger partial charge in [-0.3, -0.25) is 9.67 Å². The predicted octanol–water partition coefficient (Wildman–Crippen LogP) is 2.71. The summed E-state index contributed by atoms with van der Waals surface area (Å²) in [5.74, 6) is 0. The monoisotopic (exact) mass is 232 g/mol. The fraction of sp³-hybridized carbons (Fsp3) is 0.385. The molecule has 0 unspecified atom stereocenters. The van der Waals surface area contributed by atoms with Crippen LogP contribution >= 0.6 is 0 Å². The first-order chi connectivity index (χ1) is 8.09. The first kappa shape index (κ1) is 13.2. The van der Waals surface area contributed by atoms with Crippen LogP contribution in [0.15, 0.2) is 18.3 Å². The van der Waals surface area contributed by atoms with Crippen LogP contribution in [0.4, 0.5) is 5.69 Å². The van der Waals surface area contributed by atoms with Crippen molar-refractivity contribution >= 4 is 5.69 Å². The van der Waals surface area contributed by atoms with Crippen LogP contribution in [0.25, 0.3) is 11.3 Å². The fourth-order valence-electron chi connectivity index (χ4n) is 1.51. The van der Waals surface area contributed by atoms with Gasteiger partial charge in [-0.05, 0) is 26.0 Å². The summed E-state index contributed by atoms with van der Waals surface area (Å²) in [6.45, 7) is 7.96. The summed E-state index contributed by atoms with van der Waals surface area (Å²) >= 11 is 0. The number of pyridine rings is 1. The number of rotatable bonds is 1. The maximum absolute atomic E-state index is 5.90. The van der Waals surface area contributed by atoms with Gasteiger partial charge in [-0.25, -0.2) is 0 Å². The molecule has 0 saturated carbocycles. The maximum atomic E-state index is 5.90. The highest BCUT2D eigenvalue weighted by molar-refractivity contribution is 5.73. The van der Waals surface area contributed by atoms with Crippen molar-refractivity contribution in [1.82, 2.24) is 14.8 Å². The minimum Gasteiger partial charge on any atom is -0.397 e. The molecule has 4 heteroatoms. The molecule has 2 rings (SSSR count). The lowest BCUT2D eigenvalue weighted by molar-refractivity contribution is 0.740. The number of nitrogens with zero attached hydrogens (tertiary/aromatic N) is 3. The van der Waals surface area contributed by atoms with E-state index in [0.29, 0.717) is 5.69 Å². The molecule has 92 valence electrons. The summed E-state index contributed by atoms with van der Waals surface area (Å²) < 4.78 is 1.82. The number of hydrogen-bond acceptors (Lipinski definition) is 3. The largest absolute Gasteiger partial charge is 0.397 e. The fourth-order valence-corrected chi connectivity index (χ4v) is 1.51. The van der Waals surface area contributed by atoms with Gasteiger partial charge in [0.15, 0.2) is 0 Å². The molecule has 0 aliphatic rings. The molecule has 2 N–H and O–H groups in total. The van der Waals surface area contributed by atoms with E-state index >= 15 is 0 Å². The lowest BCUT2D eigenvalue weighted by atomic mass is 10.1. The predicted molar refractivity (Wildman–Crippen MR) is 71.7 cm³/mol. The number of nitrogen functional groups attached to an aromatic ring is 1. The molecule has 4 nitrogen and oxygen atoms in total. The third kappa shape index (κ3) is 2.64. The molecule has 0 atom stereocenters. The SMILES string of the molecule is CC.Cc1ccc(N)c(-c2cnn(C)c2C)n1. The van der Waals surface area contributed by atoms with Crippen molar-refractivity contribution in [2.75, 3.05) is 5.73 Å². The second-order valence-corrected chi connectivity index (χ2v) is 3.66. The molecule has 0 amide bonds. The van der Waals surface area contributed by atoms with Gasteiger partial charge in [-0.2, -0.15) is 5.10 Å². The maximum Gasteiger partial charge on any atom is 0.0968 e. The Balaban J connectivity index is 0.000000686. The highest BCUT2D eigenvalue weighted by atomic mass is 15.3. The molecule has 17 heavy (non-hydrogen) atoms. The van der Waals surface area contributed by atoms with E-state index in [1.807, 2.05) is 51.6 Å². The third-order valence-corrected chi connectivity index (χ3v) is 2.56. The number of hydrogen-bond donors (Lipinski definition) is 1. The van der Waals surface area contributed by atoms with Crippen LogP contribution < -0.4 is 5.73 Å². The average molecular weight is 232 g/mol. The Morgan fingerprint density at radius 3 is 2.35 bits per heavy atom. The Bertz CT molecular complexity index is 500. The van der Waals surface area contributed by atoms with Crippen molar-refractivity contribution < 1.29 is 0 Å². The van der Waals surface area contributed by atoms with Gasteiger partial charge in [0, 0.05) is 24.0 Å². The molecular formula is C13H20N4. The van der Waals surface area contributed by atoms with E-state index in [1.54, 1.807) is 6.20 Å². The van der Waals surface area contributed by atoms with Gasteiger partial charge in [0.2, 0.25) is 0 Å². The Morgan fingerprint density at radius 2 is 1.82 bits per heavy atom. The normalized spacial score (nSPS) is 9.71. The minimum absolute atomic E-state index is 0.691. The topological polar surface area (TPSA) is 56.7 Å². The van der Waals surface area contributed by atoms with Crippen LogP contribution in [0, 0.1) is 13.8 Å². The summed E-state index contributed by atoms with van der Waals surface area (Å²) in [5.41, 5.74) is 10.4. The third-order valence-electron chi connectivity index (χ3n) is 2.56. The van der Waals surface area contributed by atoms with Crippen molar-refractivity contribution in [2.45, 2.75) is 27.7 Å². The molecule has 0 aliphatic heterocycles. The van der Waals surface area contributed by atoms with Gasteiger partial charge in [0.1, 0.15) is 0 Å². The van der Waals surface area contributed by atoms with Gasteiger partial charge in [-0.15, -0.1) is 0 Å². The zero-order valence-electron chi connectivity index (χ0n) is 11.2. The summed E-state index contributed by atoms with van der Waals surface area (Å²) in [7, 11) is 1.91. The van der Waals surface area contributed by atoms with Crippen molar-refractivity contribution in [2.24, 2.45) is 7.05 Å². The van der Waals surface area contributed by atoms with E-state index in [2.05, 4.69) is 10.1 Å². The van der Waals surface area contributed by atoms with Crippen molar-refractivity contribution in [3.63, 3.8) is 0 Å². The van der Waals surface area contributed by atoms with E-state index < -0.39 is 0 Å². The Kier molecular flexibility index (Phi) is 4.26. The first-order valence-electron chi connectivity index (χ1n) is 5.81. The molecule has 0 aliphatic carbocycles. The van der Waals surface area contributed by atoms with Crippen LogP contribution in [0.5, 0.6) is 0 Å². The van der Waals surface area contributed by atoms with Crippen LogP contribution in [0.1, 0.15) is 25.2 Å². The number of nitrogens with two attached hydrogens (primary N) is 1. The lowest BCUT2D eigenvalue weighted by Crippen LogP contribution is -1.97. The molecule has 0 saturated heterocycles. The quantitative estimate of drug-likeness (QED) is 0.822. The average Bonchev–Trinajstić information content (AvgIpc) is 2.66. The van der Waals surface area contributed by atoms with Gasteiger partial charge < -0.3 is 5.73 Å². The zero-order valence-corrected chi connectivity index (χ0v) is 11.2. The second-order valence-electron chi connectivity index (χ2n) is 3.66. The first-order valence-corrected chi connectivity index (χ1v) is 5.81. The summed E-state index contributed by atoms with van der Waals surface area (Å²) in [6, 6.07) is 3.79. The van der Waals surface area contributed by atoms with Crippen LogP contribution in [0.2, 0.25) is 0 Å². The molecule has 0 spiro atoms. The van der Waals surface area contributed by atoms with E-state index in [9.17, 15) is 0 Å². The Morgan fingerprint density at radius 1 is 1.18 bits per heavy atom. The molecule has 0 fully saturated rings. The molecule has 0 radical (unpaired) electrons. The molecular weight excluding hydrogens is 212 g/mol. The highest BCUT2D eigenvalue weighted by Gasteiger charge is 2.10. The van der Waals surface area contributed by atoms with Crippen LogP contribution in [-0.4, -0.2) is 14.8 Å². The van der Waals surface area contributed by atoms with E-state index in [1.165, 1.54) is 0 Å². The molecule has 2 heterocycles. The number of anilines is 1. The smallest absolute Gasteiger partial charge is 0.0968 e. The van der Waals surface area contributed by atoms with Crippen molar-refractivity contribution in [3.8, 4) is 11.3 Å². The highest BCUT2D eigenvalue weighted by Crippen LogP contribution is 2.26. The lowest BCUT2D eigenvalue weighted by Gasteiger charge is -2.05. The molecule has 2 aromatic rings.